The van der Waals surface area contributed by atoms with Crippen LogP contribution < -0.4 is 0 Å². The molecule has 0 atom stereocenters. The van der Waals surface area contributed by atoms with Gasteiger partial charge < -0.3 is 9.13 Å². The normalized spacial score (nSPS) is 12.4. The minimum absolute atomic E-state index is 0.0539. The van der Waals surface area contributed by atoms with Crippen molar-refractivity contribution in [2.45, 2.75) is 105 Å². The fourth-order valence-corrected chi connectivity index (χ4v) is 10.6. The molecule has 8 aromatic carbocycles. The summed E-state index contributed by atoms with van der Waals surface area (Å²) in [6, 6.07) is 62.4. The maximum Gasteiger partial charge on any atom is 0.164 e. The van der Waals surface area contributed by atoms with Gasteiger partial charge in [-0.2, -0.15) is 10.5 Å². The summed E-state index contributed by atoms with van der Waals surface area (Å²) in [7, 11) is 0. The van der Waals surface area contributed by atoms with Crippen LogP contribution in [0.1, 0.15) is 116 Å². The summed E-state index contributed by atoms with van der Waals surface area (Å²) >= 11 is 0. The van der Waals surface area contributed by atoms with Gasteiger partial charge >= 0.3 is 0 Å². The quantitative estimate of drug-likeness (QED) is 0.165. The van der Waals surface area contributed by atoms with E-state index in [2.05, 4.69) is 201 Å². The standard InChI is InChI=1S/C69H63N7/c1-66(2,3)49-21-25-59-55(36-49)56-37-50(67(4,5)6)22-26-60(56)75(59)53-31-43(41-71)30-47(34-53)64-72-63(44-18-14-13-15-19-44)73-65(74-64)48-32-46(45-20-16-17-42(29-45)40-70)33-54(35-48)76-61-27-23-51(68(7,8)9)38-57(61)58-39-52(69(10,11)12)24-28-62(58)76/h13-39H,1-12H3. The van der Waals surface area contributed by atoms with Crippen molar-refractivity contribution in [1.82, 2.24) is 24.1 Å². The Hall–Kier alpha value is -8.65. The number of hydrogen-bond donors (Lipinski definition) is 0. The van der Waals surface area contributed by atoms with Crippen LogP contribution >= 0.6 is 0 Å². The average molecular weight is 990 g/mol. The fraction of sp³-hybridized carbons (Fsp3) is 0.232. The molecule has 0 radical (unpaired) electrons. The van der Waals surface area contributed by atoms with E-state index in [9.17, 15) is 10.5 Å². The van der Waals surface area contributed by atoms with Crippen molar-refractivity contribution in [2.24, 2.45) is 0 Å². The van der Waals surface area contributed by atoms with Crippen LogP contribution in [0, 0.1) is 22.7 Å². The van der Waals surface area contributed by atoms with Crippen LogP contribution in [0.25, 0.3) is 100 Å². The van der Waals surface area contributed by atoms with Crippen LogP contribution in [-0.4, -0.2) is 24.1 Å². The molecule has 0 spiro atoms. The zero-order valence-electron chi connectivity index (χ0n) is 45.7. The van der Waals surface area contributed by atoms with Crippen LogP contribution in [0.3, 0.4) is 0 Å². The Morgan fingerprint density at radius 3 is 1.08 bits per heavy atom. The van der Waals surface area contributed by atoms with Crippen molar-refractivity contribution in [3.63, 3.8) is 0 Å². The second-order valence-electron chi connectivity index (χ2n) is 24.6. The minimum Gasteiger partial charge on any atom is -0.309 e. The van der Waals surface area contributed by atoms with E-state index >= 15 is 0 Å². The third-order valence-electron chi connectivity index (χ3n) is 15.0. The van der Waals surface area contributed by atoms with Gasteiger partial charge in [-0.1, -0.05) is 150 Å². The molecule has 3 aromatic heterocycles. The Labute approximate surface area is 446 Å². The largest absolute Gasteiger partial charge is 0.309 e. The lowest BCUT2D eigenvalue weighted by Gasteiger charge is -2.19. The molecule has 0 saturated heterocycles. The van der Waals surface area contributed by atoms with E-state index in [4.69, 9.17) is 15.0 Å². The number of nitriles is 2. The third-order valence-corrected chi connectivity index (χ3v) is 15.0. The molecule has 0 aliphatic carbocycles. The predicted octanol–water partition coefficient (Wildman–Crippen LogP) is 17.7. The fourth-order valence-electron chi connectivity index (χ4n) is 10.6. The first-order valence-electron chi connectivity index (χ1n) is 26.3. The molecular formula is C69H63N7. The molecule has 0 aliphatic rings. The molecular weight excluding hydrogens is 927 g/mol. The molecule has 3 heterocycles. The molecule has 11 aromatic rings. The van der Waals surface area contributed by atoms with Crippen LogP contribution in [0.5, 0.6) is 0 Å². The van der Waals surface area contributed by atoms with E-state index in [1.165, 1.54) is 33.0 Å². The van der Waals surface area contributed by atoms with Crippen molar-refractivity contribution in [3.8, 4) is 68.8 Å². The Morgan fingerprint density at radius 2 is 0.671 bits per heavy atom. The smallest absolute Gasteiger partial charge is 0.164 e. The summed E-state index contributed by atoms with van der Waals surface area (Å²) in [5, 5.41) is 25.6. The van der Waals surface area contributed by atoms with E-state index in [1.54, 1.807) is 0 Å². The first-order valence-corrected chi connectivity index (χ1v) is 26.3. The summed E-state index contributed by atoms with van der Waals surface area (Å²) in [5.41, 5.74) is 16.0. The maximum absolute atomic E-state index is 10.8. The number of aromatic nitrogens is 5. The molecule has 11 rings (SSSR count). The molecule has 76 heavy (non-hydrogen) atoms. The SMILES string of the molecule is CC(C)(C)c1ccc2c(c1)c1cc(C(C)(C)C)ccc1n2-c1cc(C#N)cc(-c2nc(-c3ccccc3)nc(-c3cc(-c4cccc(C#N)c4)cc(-n4c5ccc(C(C)(C)C)cc5c5cc(C(C)(C)C)ccc54)c3)n2)c1. The van der Waals surface area contributed by atoms with Crippen molar-refractivity contribution >= 4 is 43.6 Å². The third kappa shape index (κ3) is 9.01. The van der Waals surface area contributed by atoms with Gasteiger partial charge in [0.05, 0.1) is 45.3 Å². The Morgan fingerprint density at radius 1 is 0.316 bits per heavy atom. The summed E-state index contributed by atoms with van der Waals surface area (Å²) in [5.74, 6) is 1.41. The monoisotopic (exact) mass is 990 g/mol. The topological polar surface area (TPSA) is 96.1 Å². The molecule has 0 saturated carbocycles. The van der Waals surface area contributed by atoms with Crippen molar-refractivity contribution < 1.29 is 0 Å². The van der Waals surface area contributed by atoms with Gasteiger partial charge in [-0.15, -0.1) is 0 Å². The number of hydrogen-bond acceptors (Lipinski definition) is 5. The first kappa shape index (κ1) is 49.6. The van der Waals surface area contributed by atoms with E-state index in [0.717, 1.165) is 66.5 Å². The Kier molecular flexibility index (Phi) is 11.8. The minimum atomic E-state index is -0.0563. The van der Waals surface area contributed by atoms with Crippen LogP contribution in [0.4, 0.5) is 0 Å². The van der Waals surface area contributed by atoms with Gasteiger partial charge in [-0.05, 0) is 152 Å². The lowest BCUT2D eigenvalue weighted by atomic mass is 9.85. The van der Waals surface area contributed by atoms with Gasteiger partial charge in [0.25, 0.3) is 0 Å². The van der Waals surface area contributed by atoms with Crippen LogP contribution in [0.15, 0.2) is 164 Å². The first-order chi connectivity index (χ1) is 36.0. The Bertz CT molecular complexity index is 4080. The summed E-state index contributed by atoms with van der Waals surface area (Å²) in [4.78, 5) is 15.9. The van der Waals surface area contributed by atoms with Crippen molar-refractivity contribution in [3.05, 3.63) is 197 Å². The van der Waals surface area contributed by atoms with Crippen LogP contribution in [-0.2, 0) is 21.7 Å². The van der Waals surface area contributed by atoms with E-state index < -0.39 is 0 Å². The second kappa shape index (κ2) is 18.0. The number of rotatable bonds is 6. The highest BCUT2D eigenvalue weighted by atomic mass is 15.0. The molecule has 0 aliphatic heterocycles. The highest BCUT2D eigenvalue weighted by Crippen LogP contribution is 2.42. The molecule has 7 heteroatoms. The van der Waals surface area contributed by atoms with E-state index in [-0.39, 0.29) is 21.7 Å². The molecule has 374 valence electrons. The maximum atomic E-state index is 10.8. The molecule has 7 nitrogen and oxygen atoms in total. The molecule has 0 fully saturated rings. The average Bonchev–Trinajstić information content (AvgIpc) is 3.91. The van der Waals surface area contributed by atoms with Gasteiger partial charge in [-0.3, -0.25) is 0 Å². The lowest BCUT2D eigenvalue weighted by molar-refractivity contribution is 0.590. The summed E-state index contributed by atoms with van der Waals surface area (Å²) in [6.45, 7) is 27.1. The van der Waals surface area contributed by atoms with Gasteiger partial charge in [0, 0.05) is 49.6 Å². The zero-order valence-corrected chi connectivity index (χ0v) is 45.7. The van der Waals surface area contributed by atoms with Crippen molar-refractivity contribution in [2.75, 3.05) is 0 Å². The highest BCUT2D eigenvalue weighted by Gasteiger charge is 2.25. The van der Waals surface area contributed by atoms with Crippen LogP contribution in [0.2, 0.25) is 0 Å². The summed E-state index contributed by atoms with van der Waals surface area (Å²) in [6.07, 6.45) is 0. The number of benzene rings is 8. The number of nitrogens with zero attached hydrogens (tertiary/aromatic N) is 7. The Balaban J connectivity index is 1.17. The van der Waals surface area contributed by atoms with Gasteiger partial charge in [0.2, 0.25) is 0 Å². The number of fused-ring (bicyclic) bond motifs is 6. The van der Waals surface area contributed by atoms with E-state index in [0.29, 0.717) is 34.2 Å². The van der Waals surface area contributed by atoms with Gasteiger partial charge in [0.1, 0.15) is 0 Å². The molecule has 0 N–H and O–H groups in total. The lowest BCUT2D eigenvalue weighted by Crippen LogP contribution is -2.10. The van der Waals surface area contributed by atoms with Crippen molar-refractivity contribution in [1.29, 1.82) is 10.5 Å². The van der Waals surface area contributed by atoms with E-state index in [1.807, 2.05) is 66.7 Å². The summed E-state index contributed by atoms with van der Waals surface area (Å²) < 4.78 is 4.63. The highest BCUT2D eigenvalue weighted by molar-refractivity contribution is 6.11. The molecule has 0 unspecified atom stereocenters. The predicted molar refractivity (Wildman–Crippen MR) is 314 cm³/mol. The van der Waals surface area contributed by atoms with Gasteiger partial charge in [0.15, 0.2) is 17.5 Å². The van der Waals surface area contributed by atoms with Gasteiger partial charge in [-0.25, -0.2) is 15.0 Å². The molecule has 0 bridgehead atoms. The zero-order chi connectivity index (χ0) is 53.6. The second-order valence-corrected chi connectivity index (χ2v) is 24.6. The molecule has 0 amide bonds.